The van der Waals surface area contributed by atoms with Gasteiger partial charge in [-0.3, -0.25) is 4.79 Å². The van der Waals surface area contributed by atoms with Crippen molar-refractivity contribution >= 4 is 17.8 Å². The van der Waals surface area contributed by atoms with Gasteiger partial charge >= 0.3 is 12.3 Å². The molecular weight excluding hydrogens is 415 g/mol. The third-order valence-electron chi connectivity index (χ3n) is 4.33. The second-order valence-corrected chi connectivity index (χ2v) is 7.32. The zero-order valence-corrected chi connectivity index (χ0v) is 17.3. The van der Waals surface area contributed by atoms with Gasteiger partial charge in [0.1, 0.15) is 11.6 Å². The molecule has 7 nitrogen and oxygen atoms in total. The van der Waals surface area contributed by atoms with E-state index in [9.17, 15) is 22.8 Å². The first-order valence-electron chi connectivity index (χ1n) is 9.53. The molecule has 0 aliphatic rings. The normalized spacial score (nSPS) is 13.2. The van der Waals surface area contributed by atoms with Crippen LogP contribution < -0.4 is 15.4 Å². The number of hydrogen-bond acceptors (Lipinski definition) is 4. The molecule has 0 radical (unpaired) electrons. The third-order valence-corrected chi connectivity index (χ3v) is 4.33. The van der Waals surface area contributed by atoms with Gasteiger partial charge in [-0.05, 0) is 54.7 Å². The highest BCUT2D eigenvalue weighted by Crippen LogP contribution is 2.39. The highest BCUT2D eigenvalue weighted by Gasteiger charge is 2.35. The lowest BCUT2D eigenvalue weighted by Crippen LogP contribution is -2.33. The molecule has 31 heavy (non-hydrogen) atoms. The van der Waals surface area contributed by atoms with Gasteiger partial charge in [-0.1, -0.05) is 13.0 Å². The zero-order valence-electron chi connectivity index (χ0n) is 17.3. The van der Waals surface area contributed by atoms with Crippen LogP contribution in [0.2, 0.25) is 0 Å². The molecule has 0 fully saturated rings. The minimum atomic E-state index is -4.64. The summed E-state index contributed by atoms with van der Waals surface area (Å²) < 4.78 is 46.4. The summed E-state index contributed by atoms with van der Waals surface area (Å²) in [5.41, 5.74) is -0.175. The largest absolute Gasteiger partial charge is 0.493 e. The van der Waals surface area contributed by atoms with E-state index in [4.69, 9.17) is 9.84 Å². The van der Waals surface area contributed by atoms with Gasteiger partial charge in [-0.25, -0.2) is 9.78 Å². The summed E-state index contributed by atoms with van der Waals surface area (Å²) in [5, 5.41) is 13.5. The van der Waals surface area contributed by atoms with E-state index in [2.05, 4.69) is 15.6 Å². The van der Waals surface area contributed by atoms with Crippen LogP contribution in [0.25, 0.3) is 11.1 Å². The molecular formula is C21H24F3N3O4. The number of anilines is 1. The Labute approximate surface area is 177 Å². The first-order chi connectivity index (χ1) is 14.5. The topological polar surface area (TPSA) is 101 Å². The van der Waals surface area contributed by atoms with E-state index in [1.807, 2.05) is 0 Å². The van der Waals surface area contributed by atoms with Crippen LogP contribution in [-0.2, 0) is 11.0 Å². The predicted octanol–water partition coefficient (Wildman–Crippen LogP) is 4.79. The highest BCUT2D eigenvalue weighted by molar-refractivity contribution is 5.88. The van der Waals surface area contributed by atoms with E-state index in [0.29, 0.717) is 17.5 Å². The van der Waals surface area contributed by atoms with Crippen molar-refractivity contribution < 1.29 is 32.6 Å². The Kier molecular flexibility index (Phi) is 7.84. The number of hydrogen-bond donors (Lipinski definition) is 3. The number of carbonyl (C=O) groups excluding carboxylic acids is 1. The van der Waals surface area contributed by atoms with Gasteiger partial charge < -0.3 is 20.5 Å². The second kappa shape index (κ2) is 10.1. The number of pyridine rings is 1. The fourth-order valence-electron chi connectivity index (χ4n) is 3.09. The van der Waals surface area contributed by atoms with Crippen molar-refractivity contribution in [2.24, 2.45) is 5.92 Å². The summed E-state index contributed by atoms with van der Waals surface area (Å²) in [5.74, 6) is -0.593. The van der Waals surface area contributed by atoms with Crippen LogP contribution >= 0.6 is 0 Å². The van der Waals surface area contributed by atoms with Crippen LogP contribution in [0.3, 0.4) is 0 Å². The number of benzene rings is 1. The van der Waals surface area contributed by atoms with Crippen LogP contribution in [0, 0.1) is 5.92 Å². The van der Waals surface area contributed by atoms with Gasteiger partial charge in [-0.2, -0.15) is 13.2 Å². The second-order valence-electron chi connectivity index (χ2n) is 7.32. The molecule has 3 N–H and O–H groups in total. The lowest BCUT2D eigenvalue weighted by atomic mass is 10.0. The monoisotopic (exact) mass is 439 g/mol. The molecule has 10 heteroatoms. The maximum atomic E-state index is 13.6. The van der Waals surface area contributed by atoms with E-state index in [-0.39, 0.29) is 36.0 Å². The molecule has 2 amide bonds. The Morgan fingerprint density at radius 3 is 2.45 bits per heavy atom. The number of carbonyl (C=O) groups is 2. The molecule has 0 bridgehead atoms. The number of ether oxygens (including phenoxy) is 1. The minimum absolute atomic E-state index is 0.00397. The van der Waals surface area contributed by atoms with Crippen molar-refractivity contribution in [3.8, 4) is 16.9 Å². The SMILES string of the molecule is CC(=O)Nc1cc(-c2ccc(OCC(C)CC(C)NC(=O)O)c(C(F)(F)F)c2)ccn1. The van der Waals surface area contributed by atoms with Gasteiger partial charge in [-0.15, -0.1) is 0 Å². The Morgan fingerprint density at radius 2 is 1.84 bits per heavy atom. The quantitative estimate of drug-likeness (QED) is 0.549. The Morgan fingerprint density at radius 1 is 1.16 bits per heavy atom. The molecule has 1 aromatic carbocycles. The Hall–Kier alpha value is -3.30. The zero-order chi connectivity index (χ0) is 23.2. The molecule has 2 atom stereocenters. The average Bonchev–Trinajstić information content (AvgIpc) is 2.64. The highest BCUT2D eigenvalue weighted by atomic mass is 19.4. The first kappa shape index (κ1) is 24.0. The van der Waals surface area contributed by atoms with Crippen LogP contribution in [0.5, 0.6) is 5.75 Å². The Bertz CT molecular complexity index is 934. The van der Waals surface area contributed by atoms with Crippen molar-refractivity contribution in [2.75, 3.05) is 11.9 Å². The summed E-state index contributed by atoms with van der Waals surface area (Å²) >= 11 is 0. The number of amides is 2. The smallest absolute Gasteiger partial charge is 0.419 e. The number of aromatic nitrogens is 1. The predicted molar refractivity (Wildman–Crippen MR) is 109 cm³/mol. The van der Waals surface area contributed by atoms with Gasteiger partial charge in [0, 0.05) is 19.2 Å². The van der Waals surface area contributed by atoms with Gasteiger partial charge in [0.05, 0.1) is 12.2 Å². The summed E-state index contributed by atoms with van der Waals surface area (Å²) in [4.78, 5) is 25.8. The Balaban J connectivity index is 2.21. The van der Waals surface area contributed by atoms with E-state index in [1.54, 1.807) is 19.9 Å². The van der Waals surface area contributed by atoms with Gasteiger partial charge in [0.2, 0.25) is 5.91 Å². The van der Waals surface area contributed by atoms with Crippen molar-refractivity contribution in [3.63, 3.8) is 0 Å². The fraction of sp³-hybridized carbons (Fsp3) is 0.381. The summed E-state index contributed by atoms with van der Waals surface area (Å²) in [6.45, 7) is 4.74. The molecule has 0 aliphatic carbocycles. The lowest BCUT2D eigenvalue weighted by Gasteiger charge is -2.20. The standard InChI is InChI=1S/C21H24F3N3O4/c1-12(8-13(2)26-20(29)30)11-31-18-5-4-15(9-17(18)21(22,23)24)16-6-7-25-19(10-16)27-14(3)28/h4-7,9-10,12-13,26H,8,11H2,1-3H3,(H,29,30)(H,25,27,28). The number of carboxylic acid groups (broad SMARTS) is 1. The molecule has 1 heterocycles. The van der Waals surface area contributed by atoms with E-state index >= 15 is 0 Å². The average molecular weight is 439 g/mol. The number of halogens is 3. The van der Waals surface area contributed by atoms with Gasteiger partial charge in [0.25, 0.3) is 0 Å². The van der Waals surface area contributed by atoms with Crippen molar-refractivity contribution in [2.45, 2.75) is 39.4 Å². The summed E-state index contributed by atoms with van der Waals surface area (Å²) in [6.07, 6.45) is -3.99. The molecule has 0 aliphatic heterocycles. The molecule has 2 unspecified atom stereocenters. The molecule has 0 spiro atoms. The fourth-order valence-corrected chi connectivity index (χ4v) is 3.09. The minimum Gasteiger partial charge on any atom is -0.493 e. The molecule has 1 aromatic heterocycles. The van der Waals surface area contributed by atoms with E-state index in [0.717, 1.165) is 6.07 Å². The molecule has 2 aromatic rings. The van der Waals surface area contributed by atoms with Crippen LogP contribution in [0.15, 0.2) is 36.5 Å². The summed E-state index contributed by atoms with van der Waals surface area (Å²) in [6, 6.07) is 6.40. The van der Waals surface area contributed by atoms with Crippen molar-refractivity contribution in [3.05, 3.63) is 42.1 Å². The van der Waals surface area contributed by atoms with Crippen LogP contribution in [0.1, 0.15) is 32.8 Å². The molecule has 0 saturated heterocycles. The van der Waals surface area contributed by atoms with Crippen LogP contribution in [0.4, 0.5) is 23.8 Å². The number of alkyl halides is 3. The third kappa shape index (κ3) is 7.47. The maximum absolute atomic E-state index is 13.6. The molecule has 168 valence electrons. The van der Waals surface area contributed by atoms with Crippen LogP contribution in [-0.4, -0.2) is 34.7 Å². The molecule has 0 saturated carbocycles. The van der Waals surface area contributed by atoms with Crippen molar-refractivity contribution in [1.82, 2.24) is 10.3 Å². The molecule has 2 rings (SSSR count). The number of nitrogens with zero attached hydrogens (tertiary/aromatic N) is 1. The van der Waals surface area contributed by atoms with E-state index < -0.39 is 17.8 Å². The lowest BCUT2D eigenvalue weighted by molar-refractivity contribution is -0.139. The van der Waals surface area contributed by atoms with E-state index in [1.165, 1.54) is 31.3 Å². The summed E-state index contributed by atoms with van der Waals surface area (Å²) in [7, 11) is 0. The van der Waals surface area contributed by atoms with Crippen molar-refractivity contribution in [1.29, 1.82) is 0 Å². The number of nitrogens with one attached hydrogen (secondary N) is 2. The maximum Gasteiger partial charge on any atom is 0.419 e. The number of rotatable bonds is 8. The van der Waals surface area contributed by atoms with Gasteiger partial charge in [0.15, 0.2) is 0 Å². The first-order valence-corrected chi connectivity index (χ1v) is 9.53.